The van der Waals surface area contributed by atoms with Gasteiger partial charge in [0.1, 0.15) is 5.58 Å². The zero-order chi connectivity index (χ0) is 21.3. The van der Waals surface area contributed by atoms with Gasteiger partial charge in [0, 0.05) is 22.3 Å². The van der Waals surface area contributed by atoms with Crippen LogP contribution < -0.4 is 16.4 Å². The van der Waals surface area contributed by atoms with Crippen molar-refractivity contribution in [3.63, 3.8) is 0 Å². The summed E-state index contributed by atoms with van der Waals surface area (Å²) >= 11 is 0. The highest BCUT2D eigenvalue weighted by Crippen LogP contribution is 2.28. The van der Waals surface area contributed by atoms with E-state index in [-0.39, 0.29) is 17.5 Å². The van der Waals surface area contributed by atoms with Gasteiger partial charge in [-0.3, -0.25) is 4.79 Å². The summed E-state index contributed by atoms with van der Waals surface area (Å²) in [5.41, 5.74) is 7.51. The molecule has 10 heteroatoms. The van der Waals surface area contributed by atoms with Gasteiger partial charge in [0.05, 0.1) is 13.3 Å². The lowest BCUT2D eigenvalue weighted by atomic mass is 10.2. The van der Waals surface area contributed by atoms with Gasteiger partial charge in [0.15, 0.2) is 11.6 Å². The Morgan fingerprint density at radius 3 is 2.83 bits per heavy atom. The third kappa shape index (κ3) is 3.79. The van der Waals surface area contributed by atoms with Crippen LogP contribution in [0.15, 0.2) is 46.1 Å². The molecule has 4 N–H and O–H groups in total. The molecule has 1 aromatic carbocycles. The molecule has 0 atom stereocenters. The maximum absolute atomic E-state index is 14.2. The minimum absolute atomic E-state index is 0.0551. The van der Waals surface area contributed by atoms with E-state index in [0.717, 1.165) is 12.6 Å². The first-order valence-corrected chi connectivity index (χ1v) is 9.15. The van der Waals surface area contributed by atoms with Crippen LogP contribution in [0, 0.1) is 5.82 Å². The Kier molecular flexibility index (Phi) is 5.05. The number of anilines is 3. The first-order valence-electron chi connectivity index (χ1n) is 9.15. The van der Waals surface area contributed by atoms with Crippen molar-refractivity contribution in [1.82, 2.24) is 9.97 Å². The topological polar surface area (TPSA) is 132 Å². The number of rotatable bonds is 6. The molecule has 1 amide bonds. The van der Waals surface area contributed by atoms with Crippen LogP contribution >= 0.6 is 0 Å². The number of carbonyl (C=O) groups excluding carboxylic acids is 2. The fraction of sp³-hybridized carbons (Fsp3) is 0.200. The fourth-order valence-corrected chi connectivity index (χ4v) is 3.26. The summed E-state index contributed by atoms with van der Waals surface area (Å²) in [5.74, 6) is -1.58. The Bertz CT molecular complexity index is 1190. The number of hydrogen-bond donors (Lipinski definition) is 3. The number of carbonyl (C=O) groups is 2. The molecule has 0 bridgehead atoms. The number of primary amides is 1. The second-order valence-corrected chi connectivity index (χ2v) is 6.67. The van der Waals surface area contributed by atoms with E-state index in [0.29, 0.717) is 40.8 Å². The number of methoxy groups -OCH3 is 1. The van der Waals surface area contributed by atoms with Crippen LogP contribution in [-0.4, -0.2) is 29.0 Å². The summed E-state index contributed by atoms with van der Waals surface area (Å²) in [7, 11) is 1.27. The molecule has 0 saturated heterocycles. The van der Waals surface area contributed by atoms with Gasteiger partial charge in [0.25, 0.3) is 0 Å². The van der Waals surface area contributed by atoms with Crippen molar-refractivity contribution in [2.24, 2.45) is 5.73 Å². The van der Waals surface area contributed by atoms with E-state index in [4.69, 9.17) is 10.2 Å². The Hall–Kier alpha value is -3.95. The molecule has 9 nitrogen and oxygen atoms in total. The van der Waals surface area contributed by atoms with Gasteiger partial charge in [-0.2, -0.15) is 4.98 Å². The molecule has 1 aliphatic carbocycles. The van der Waals surface area contributed by atoms with E-state index >= 15 is 0 Å². The van der Waals surface area contributed by atoms with E-state index in [2.05, 4.69) is 25.3 Å². The quantitative estimate of drug-likeness (QED) is 0.527. The van der Waals surface area contributed by atoms with Crippen LogP contribution in [0.25, 0.3) is 11.0 Å². The predicted molar refractivity (Wildman–Crippen MR) is 107 cm³/mol. The van der Waals surface area contributed by atoms with E-state index in [9.17, 15) is 14.0 Å². The number of nitrogens with two attached hydrogens (primary N) is 1. The van der Waals surface area contributed by atoms with Gasteiger partial charge < -0.3 is 25.5 Å². The number of amides is 1. The van der Waals surface area contributed by atoms with Crippen molar-refractivity contribution < 1.29 is 23.1 Å². The number of halogens is 1. The molecule has 1 aliphatic rings. The third-order valence-electron chi connectivity index (χ3n) is 4.69. The fourth-order valence-electron chi connectivity index (χ4n) is 3.26. The zero-order valence-corrected chi connectivity index (χ0v) is 16.0. The highest BCUT2D eigenvalue weighted by molar-refractivity contribution is 5.94. The summed E-state index contributed by atoms with van der Waals surface area (Å²) < 4.78 is 24.3. The first-order chi connectivity index (χ1) is 14.4. The normalized spacial score (nSPS) is 13.5. The van der Waals surface area contributed by atoms with E-state index < -0.39 is 17.7 Å². The Labute approximate surface area is 170 Å². The zero-order valence-electron chi connectivity index (χ0n) is 16.0. The molecule has 0 saturated carbocycles. The number of esters is 1. The number of ether oxygens (including phenoxy) is 1. The van der Waals surface area contributed by atoms with Crippen LogP contribution in [0.4, 0.5) is 21.8 Å². The van der Waals surface area contributed by atoms with E-state index in [1.807, 2.05) is 0 Å². The number of fused-ring (bicyclic) bond motifs is 1. The second-order valence-electron chi connectivity index (χ2n) is 6.67. The standard InChI is InChI=1S/C20H18FN5O4/c1-29-19(28)16-8-10-7-11(5-6-15(10)30-16)24-20-23-9-13(21)18(26-20)25-14-4-2-3-12(14)17(22)27/h5-9H,2-4H2,1H3,(H2,22,27)(H2,23,24,25,26). The van der Waals surface area contributed by atoms with Crippen molar-refractivity contribution in [1.29, 1.82) is 0 Å². The Balaban J connectivity index is 1.58. The van der Waals surface area contributed by atoms with Gasteiger partial charge >= 0.3 is 5.97 Å². The molecule has 2 aromatic heterocycles. The largest absolute Gasteiger partial charge is 0.463 e. The first kappa shape index (κ1) is 19.4. The third-order valence-corrected chi connectivity index (χ3v) is 4.69. The van der Waals surface area contributed by atoms with Gasteiger partial charge in [-0.25, -0.2) is 14.2 Å². The number of furan rings is 1. The number of nitrogens with zero attached hydrogens (tertiary/aromatic N) is 2. The van der Waals surface area contributed by atoms with E-state index in [1.54, 1.807) is 24.3 Å². The van der Waals surface area contributed by atoms with Crippen molar-refractivity contribution in [3.05, 3.63) is 53.3 Å². The second kappa shape index (κ2) is 7.82. The van der Waals surface area contributed by atoms with Gasteiger partial charge in [-0.15, -0.1) is 0 Å². The van der Waals surface area contributed by atoms with Gasteiger partial charge in [-0.1, -0.05) is 0 Å². The van der Waals surface area contributed by atoms with Crippen molar-refractivity contribution in [2.75, 3.05) is 17.7 Å². The SMILES string of the molecule is COC(=O)c1cc2cc(Nc3ncc(F)c(NC4=C(C(N)=O)CCC4)n3)ccc2o1. The molecule has 3 aromatic rings. The summed E-state index contributed by atoms with van der Waals surface area (Å²) in [5, 5.41) is 6.52. The van der Waals surface area contributed by atoms with Crippen LogP contribution in [-0.2, 0) is 9.53 Å². The molecule has 0 radical (unpaired) electrons. The molecule has 0 unspecified atom stereocenters. The van der Waals surface area contributed by atoms with Gasteiger partial charge in [-0.05, 0) is 43.5 Å². The number of hydrogen-bond acceptors (Lipinski definition) is 8. The number of allylic oxidation sites excluding steroid dienone is 1. The maximum Gasteiger partial charge on any atom is 0.373 e. The lowest BCUT2D eigenvalue weighted by Crippen LogP contribution is -2.16. The maximum atomic E-state index is 14.2. The Morgan fingerprint density at radius 1 is 1.23 bits per heavy atom. The highest BCUT2D eigenvalue weighted by atomic mass is 19.1. The molecule has 30 heavy (non-hydrogen) atoms. The number of benzene rings is 1. The summed E-state index contributed by atoms with van der Waals surface area (Å²) in [6.45, 7) is 0. The van der Waals surface area contributed by atoms with Gasteiger partial charge in [0.2, 0.25) is 17.6 Å². The Morgan fingerprint density at radius 2 is 2.07 bits per heavy atom. The summed E-state index contributed by atoms with van der Waals surface area (Å²) in [6, 6.07) is 6.67. The van der Waals surface area contributed by atoms with Crippen molar-refractivity contribution >= 4 is 40.3 Å². The number of aromatic nitrogens is 2. The molecule has 4 rings (SSSR count). The molecule has 154 valence electrons. The molecule has 0 spiro atoms. The van der Waals surface area contributed by atoms with Crippen LogP contribution in [0.1, 0.15) is 29.8 Å². The monoisotopic (exact) mass is 411 g/mol. The molecular formula is C20H18FN5O4. The minimum atomic E-state index is -0.656. The van der Waals surface area contributed by atoms with Crippen LogP contribution in [0.2, 0.25) is 0 Å². The molecule has 0 fully saturated rings. The highest BCUT2D eigenvalue weighted by Gasteiger charge is 2.21. The van der Waals surface area contributed by atoms with E-state index in [1.165, 1.54) is 7.11 Å². The number of nitrogens with one attached hydrogen (secondary N) is 2. The average Bonchev–Trinajstić information content (AvgIpc) is 3.36. The minimum Gasteiger partial charge on any atom is -0.463 e. The summed E-state index contributed by atoms with van der Waals surface area (Å²) in [6.07, 6.45) is 2.93. The molecule has 2 heterocycles. The average molecular weight is 411 g/mol. The van der Waals surface area contributed by atoms with Crippen molar-refractivity contribution in [3.8, 4) is 0 Å². The lowest BCUT2D eigenvalue weighted by Gasteiger charge is -2.11. The predicted octanol–water partition coefficient (Wildman–Crippen LogP) is 3.23. The smallest absolute Gasteiger partial charge is 0.373 e. The lowest BCUT2D eigenvalue weighted by molar-refractivity contribution is -0.114. The molecule has 0 aliphatic heterocycles. The van der Waals surface area contributed by atoms with Crippen LogP contribution in [0.3, 0.4) is 0 Å². The van der Waals surface area contributed by atoms with Crippen molar-refractivity contribution in [2.45, 2.75) is 19.3 Å². The summed E-state index contributed by atoms with van der Waals surface area (Å²) in [4.78, 5) is 31.2. The molecular weight excluding hydrogens is 393 g/mol. The van der Waals surface area contributed by atoms with Crippen LogP contribution in [0.5, 0.6) is 0 Å².